The first-order valence-electron chi connectivity index (χ1n) is 12.2. The maximum absolute atomic E-state index is 13.2. The van der Waals surface area contributed by atoms with E-state index in [1.54, 1.807) is 0 Å². The van der Waals surface area contributed by atoms with Gasteiger partial charge >= 0.3 is 6.18 Å². The van der Waals surface area contributed by atoms with Gasteiger partial charge in [0.15, 0.2) is 0 Å². The van der Waals surface area contributed by atoms with E-state index in [-0.39, 0.29) is 13.2 Å². The quantitative estimate of drug-likeness (QED) is 0.223. The highest BCUT2D eigenvalue weighted by molar-refractivity contribution is 5.88. The molecule has 7 heteroatoms. The van der Waals surface area contributed by atoms with Crippen molar-refractivity contribution in [3.8, 4) is 22.8 Å². The maximum atomic E-state index is 13.2. The Morgan fingerprint density at radius 3 is 2.11 bits per heavy atom. The van der Waals surface area contributed by atoms with Gasteiger partial charge in [0.05, 0.1) is 12.2 Å². The number of rotatable bonds is 9. The third-order valence-electron chi connectivity index (χ3n) is 6.25. The van der Waals surface area contributed by atoms with Crippen LogP contribution in [0.25, 0.3) is 22.2 Å². The Morgan fingerprint density at radius 1 is 0.711 bits per heavy atom. The van der Waals surface area contributed by atoms with Gasteiger partial charge in [0, 0.05) is 23.1 Å². The number of hydrogen-bond acceptors (Lipinski definition) is 3. The van der Waals surface area contributed by atoms with Crippen molar-refractivity contribution in [2.45, 2.75) is 19.3 Å². The van der Waals surface area contributed by atoms with Crippen molar-refractivity contribution in [1.29, 1.82) is 0 Å². The first kappa shape index (κ1) is 25.4. The van der Waals surface area contributed by atoms with Gasteiger partial charge in [-0.2, -0.15) is 13.2 Å². The summed E-state index contributed by atoms with van der Waals surface area (Å²) in [6.45, 7) is 1.09. The number of benzene rings is 4. The van der Waals surface area contributed by atoms with E-state index in [9.17, 15) is 13.2 Å². The Hall–Kier alpha value is -4.23. The lowest BCUT2D eigenvalue weighted by molar-refractivity contribution is -0.137. The molecule has 0 spiro atoms. The Morgan fingerprint density at radius 2 is 1.42 bits per heavy atom. The third kappa shape index (κ3) is 5.84. The topological polar surface area (TPSA) is 43.6 Å². The molecule has 1 N–H and O–H groups in total. The van der Waals surface area contributed by atoms with Gasteiger partial charge in [-0.25, -0.2) is 0 Å². The number of hydrogen-bond donors (Lipinski definition) is 1. The van der Waals surface area contributed by atoms with Gasteiger partial charge in [-0.1, -0.05) is 54.6 Å². The lowest BCUT2D eigenvalue weighted by Crippen LogP contribution is -2.05. The summed E-state index contributed by atoms with van der Waals surface area (Å²) in [4.78, 5) is 0. The Balaban J connectivity index is 1.49. The van der Waals surface area contributed by atoms with Gasteiger partial charge < -0.3 is 19.1 Å². The standard InChI is InChI=1S/C31H26F3NO3/c32-31(33,34)26-10-8-24(9-11-26)30-19-25-18-28(38-21-23-4-2-1-3-5-23)14-15-29(25)35(30)20-22-6-12-27(13-7-22)37-17-16-36/h1-15,18-19,36H,16-17,20-21H2. The van der Waals surface area contributed by atoms with Crippen LogP contribution in [0, 0.1) is 0 Å². The number of halogens is 3. The SMILES string of the molecule is OCCOc1ccc(Cn2c(-c3ccc(C(F)(F)F)cc3)cc3cc(OCc4ccccc4)ccc32)cc1. The van der Waals surface area contributed by atoms with Crippen molar-refractivity contribution < 1.29 is 27.8 Å². The molecule has 0 atom stereocenters. The number of aliphatic hydroxyl groups is 1. The van der Waals surface area contributed by atoms with Crippen LogP contribution in [0.2, 0.25) is 0 Å². The second kappa shape index (κ2) is 11.0. The molecular formula is C31H26F3NO3. The van der Waals surface area contributed by atoms with Crippen LogP contribution in [0.5, 0.6) is 11.5 Å². The van der Waals surface area contributed by atoms with Gasteiger partial charge in [-0.3, -0.25) is 0 Å². The van der Waals surface area contributed by atoms with Crippen LogP contribution in [-0.4, -0.2) is 22.9 Å². The number of nitrogens with zero attached hydrogens (tertiary/aromatic N) is 1. The molecule has 0 fully saturated rings. The van der Waals surface area contributed by atoms with E-state index in [0.717, 1.165) is 39.9 Å². The third-order valence-corrected chi connectivity index (χ3v) is 6.25. The minimum atomic E-state index is -4.39. The number of aromatic nitrogens is 1. The van der Waals surface area contributed by atoms with Crippen LogP contribution in [0.4, 0.5) is 13.2 Å². The fraction of sp³-hybridized carbons (Fsp3) is 0.161. The van der Waals surface area contributed by atoms with Gasteiger partial charge in [0.25, 0.3) is 0 Å². The number of aliphatic hydroxyl groups excluding tert-OH is 1. The second-order valence-electron chi connectivity index (χ2n) is 8.90. The molecule has 0 saturated carbocycles. The van der Waals surface area contributed by atoms with Crippen LogP contribution in [0.3, 0.4) is 0 Å². The molecule has 1 heterocycles. The monoisotopic (exact) mass is 517 g/mol. The molecular weight excluding hydrogens is 491 g/mol. The van der Waals surface area contributed by atoms with E-state index in [1.807, 2.05) is 78.9 Å². The van der Waals surface area contributed by atoms with Crippen molar-refractivity contribution in [2.24, 2.45) is 0 Å². The van der Waals surface area contributed by atoms with Crippen molar-refractivity contribution in [3.05, 3.63) is 120 Å². The number of alkyl halides is 3. The molecule has 38 heavy (non-hydrogen) atoms. The fourth-order valence-corrected chi connectivity index (χ4v) is 4.36. The molecule has 5 rings (SSSR count). The highest BCUT2D eigenvalue weighted by Gasteiger charge is 2.30. The molecule has 0 bridgehead atoms. The van der Waals surface area contributed by atoms with Crippen molar-refractivity contribution in [2.75, 3.05) is 13.2 Å². The second-order valence-corrected chi connectivity index (χ2v) is 8.90. The van der Waals surface area contributed by atoms with Crippen LogP contribution in [-0.2, 0) is 19.3 Å². The number of fused-ring (bicyclic) bond motifs is 1. The molecule has 4 nitrogen and oxygen atoms in total. The smallest absolute Gasteiger partial charge is 0.416 e. The summed E-state index contributed by atoms with van der Waals surface area (Å²) >= 11 is 0. The van der Waals surface area contributed by atoms with Crippen molar-refractivity contribution >= 4 is 10.9 Å². The molecule has 0 saturated heterocycles. The summed E-state index contributed by atoms with van der Waals surface area (Å²) < 4.78 is 53.0. The van der Waals surface area contributed by atoms with Crippen molar-refractivity contribution in [1.82, 2.24) is 4.57 Å². The lowest BCUT2D eigenvalue weighted by atomic mass is 10.1. The van der Waals surface area contributed by atoms with E-state index in [0.29, 0.717) is 30.2 Å². The lowest BCUT2D eigenvalue weighted by Gasteiger charge is -2.13. The summed E-state index contributed by atoms with van der Waals surface area (Å²) in [7, 11) is 0. The van der Waals surface area contributed by atoms with E-state index < -0.39 is 11.7 Å². The Bertz CT molecular complexity index is 1490. The predicted octanol–water partition coefficient (Wildman–Crippen LogP) is 7.33. The zero-order valence-electron chi connectivity index (χ0n) is 20.5. The molecule has 4 aromatic carbocycles. The van der Waals surface area contributed by atoms with Crippen LogP contribution < -0.4 is 9.47 Å². The summed E-state index contributed by atoms with van der Waals surface area (Å²) in [5.41, 5.74) is 3.79. The van der Waals surface area contributed by atoms with Gasteiger partial charge in [0.1, 0.15) is 24.7 Å². The Labute approximate surface area is 218 Å². The minimum Gasteiger partial charge on any atom is -0.491 e. The molecule has 5 aromatic rings. The fourth-order valence-electron chi connectivity index (χ4n) is 4.36. The van der Waals surface area contributed by atoms with Gasteiger partial charge in [0.2, 0.25) is 0 Å². The Kier molecular flexibility index (Phi) is 7.38. The highest BCUT2D eigenvalue weighted by atomic mass is 19.4. The number of ether oxygens (including phenoxy) is 2. The predicted molar refractivity (Wildman–Crippen MR) is 141 cm³/mol. The summed E-state index contributed by atoms with van der Waals surface area (Å²) in [6.07, 6.45) is -4.39. The summed E-state index contributed by atoms with van der Waals surface area (Å²) in [5, 5.41) is 9.89. The largest absolute Gasteiger partial charge is 0.491 e. The van der Waals surface area contributed by atoms with Gasteiger partial charge in [-0.05, 0) is 65.2 Å². The molecule has 0 aliphatic carbocycles. The first-order valence-corrected chi connectivity index (χ1v) is 12.2. The van der Waals surface area contributed by atoms with Crippen LogP contribution in [0.1, 0.15) is 16.7 Å². The average molecular weight is 518 g/mol. The van der Waals surface area contributed by atoms with Gasteiger partial charge in [-0.15, -0.1) is 0 Å². The molecule has 0 radical (unpaired) electrons. The summed E-state index contributed by atoms with van der Waals surface area (Å²) in [5.74, 6) is 1.37. The molecule has 0 amide bonds. The zero-order chi connectivity index (χ0) is 26.5. The van der Waals surface area contributed by atoms with Crippen molar-refractivity contribution in [3.63, 3.8) is 0 Å². The maximum Gasteiger partial charge on any atom is 0.416 e. The molecule has 0 aliphatic rings. The van der Waals surface area contributed by atoms with E-state index in [4.69, 9.17) is 14.6 Å². The molecule has 194 valence electrons. The summed E-state index contributed by atoms with van der Waals surface area (Å²) in [6, 6.07) is 30.5. The van der Waals surface area contributed by atoms with Crippen LogP contribution >= 0.6 is 0 Å². The highest BCUT2D eigenvalue weighted by Crippen LogP contribution is 2.34. The van der Waals surface area contributed by atoms with E-state index in [1.165, 1.54) is 12.1 Å². The normalized spacial score (nSPS) is 11.6. The molecule has 0 unspecified atom stereocenters. The van der Waals surface area contributed by atoms with E-state index in [2.05, 4.69) is 4.57 Å². The molecule has 1 aromatic heterocycles. The van der Waals surface area contributed by atoms with E-state index >= 15 is 0 Å². The zero-order valence-corrected chi connectivity index (χ0v) is 20.5. The first-order chi connectivity index (χ1) is 18.4. The average Bonchev–Trinajstić information content (AvgIpc) is 3.29. The molecule has 0 aliphatic heterocycles. The minimum absolute atomic E-state index is 0.0648. The van der Waals surface area contributed by atoms with Crippen LogP contribution in [0.15, 0.2) is 103 Å².